The fourth-order valence-electron chi connectivity index (χ4n) is 1.61. The highest BCUT2D eigenvalue weighted by Gasteiger charge is 2.15. The Morgan fingerprint density at radius 1 is 1.40 bits per heavy atom. The number of amides is 1. The summed E-state index contributed by atoms with van der Waals surface area (Å²) in [6, 6.07) is 1.89. The Morgan fingerprint density at radius 2 is 2.00 bits per heavy atom. The molecule has 1 amide bonds. The van der Waals surface area contributed by atoms with E-state index in [9.17, 15) is 9.59 Å². The molecule has 108 valence electrons. The van der Waals surface area contributed by atoms with Crippen molar-refractivity contribution in [2.45, 2.75) is 47.2 Å². The van der Waals surface area contributed by atoms with E-state index < -0.39 is 5.56 Å². The van der Waals surface area contributed by atoms with Crippen LogP contribution >= 0.6 is 0 Å². The topological polar surface area (TPSA) is 87.8 Å². The molecule has 1 aromatic heterocycles. The molecule has 20 heavy (non-hydrogen) atoms. The molecule has 0 spiro atoms. The molecule has 0 saturated heterocycles. The Labute approximate surface area is 118 Å². The SMILES string of the molecule is Cc1nn(CC(=O)N[C@@H](C)C(C)C)c(=O)c(C#N)c1C. The van der Waals surface area contributed by atoms with E-state index in [1.807, 2.05) is 26.8 Å². The van der Waals surface area contributed by atoms with E-state index in [0.29, 0.717) is 17.2 Å². The van der Waals surface area contributed by atoms with Crippen LogP contribution in [-0.4, -0.2) is 21.7 Å². The Morgan fingerprint density at radius 3 is 2.50 bits per heavy atom. The van der Waals surface area contributed by atoms with Crippen molar-refractivity contribution in [3.8, 4) is 6.07 Å². The van der Waals surface area contributed by atoms with Crippen molar-refractivity contribution >= 4 is 5.91 Å². The number of carbonyl (C=O) groups excluding carboxylic acids is 1. The number of aromatic nitrogens is 2. The summed E-state index contributed by atoms with van der Waals surface area (Å²) >= 11 is 0. The van der Waals surface area contributed by atoms with Crippen LogP contribution in [0.1, 0.15) is 37.6 Å². The van der Waals surface area contributed by atoms with E-state index in [1.54, 1.807) is 13.8 Å². The maximum absolute atomic E-state index is 12.0. The summed E-state index contributed by atoms with van der Waals surface area (Å²) in [7, 11) is 0. The van der Waals surface area contributed by atoms with Gasteiger partial charge >= 0.3 is 0 Å². The van der Waals surface area contributed by atoms with Gasteiger partial charge in [0.2, 0.25) is 5.91 Å². The van der Waals surface area contributed by atoms with E-state index in [2.05, 4.69) is 10.4 Å². The first-order chi connectivity index (χ1) is 9.27. The largest absolute Gasteiger partial charge is 0.352 e. The summed E-state index contributed by atoms with van der Waals surface area (Å²) in [6.07, 6.45) is 0. The fraction of sp³-hybridized carbons (Fsp3) is 0.571. The van der Waals surface area contributed by atoms with Crippen LogP contribution in [0.15, 0.2) is 4.79 Å². The molecular formula is C14H20N4O2. The zero-order chi connectivity index (χ0) is 15.4. The van der Waals surface area contributed by atoms with Crippen molar-refractivity contribution in [2.75, 3.05) is 0 Å². The van der Waals surface area contributed by atoms with Crippen molar-refractivity contribution in [1.82, 2.24) is 15.1 Å². The molecule has 6 nitrogen and oxygen atoms in total. The number of aryl methyl sites for hydroxylation is 1. The van der Waals surface area contributed by atoms with Gasteiger partial charge in [0.15, 0.2) is 0 Å². The lowest BCUT2D eigenvalue weighted by molar-refractivity contribution is -0.122. The van der Waals surface area contributed by atoms with E-state index >= 15 is 0 Å². The lowest BCUT2D eigenvalue weighted by Crippen LogP contribution is -2.41. The van der Waals surface area contributed by atoms with E-state index in [-0.39, 0.29) is 24.1 Å². The predicted octanol–water partition coefficient (Wildman–Crippen LogP) is 0.893. The minimum atomic E-state index is -0.525. The molecule has 0 fully saturated rings. The zero-order valence-corrected chi connectivity index (χ0v) is 12.5. The molecule has 0 unspecified atom stereocenters. The molecule has 0 bridgehead atoms. The van der Waals surface area contributed by atoms with Crippen LogP contribution in [0.5, 0.6) is 0 Å². The second-order valence-electron chi connectivity index (χ2n) is 5.26. The van der Waals surface area contributed by atoms with Gasteiger partial charge in [-0.1, -0.05) is 13.8 Å². The first kappa shape index (κ1) is 15.9. The lowest BCUT2D eigenvalue weighted by atomic mass is 10.1. The number of nitrogens with zero attached hydrogens (tertiary/aromatic N) is 3. The Hall–Kier alpha value is -2.16. The van der Waals surface area contributed by atoms with Crippen molar-refractivity contribution in [2.24, 2.45) is 5.92 Å². The lowest BCUT2D eigenvalue weighted by Gasteiger charge is -2.17. The highest BCUT2D eigenvalue weighted by molar-refractivity contribution is 5.75. The summed E-state index contributed by atoms with van der Waals surface area (Å²) in [5.41, 5.74) is 0.653. The highest BCUT2D eigenvalue weighted by atomic mass is 16.2. The van der Waals surface area contributed by atoms with Gasteiger partial charge in [-0.3, -0.25) is 9.59 Å². The third-order valence-corrected chi connectivity index (χ3v) is 3.43. The summed E-state index contributed by atoms with van der Waals surface area (Å²) in [5, 5.41) is 15.9. The summed E-state index contributed by atoms with van der Waals surface area (Å²) in [6.45, 7) is 9.11. The van der Waals surface area contributed by atoms with Crippen molar-refractivity contribution in [3.05, 3.63) is 27.2 Å². The minimum Gasteiger partial charge on any atom is -0.352 e. The number of nitrogens with one attached hydrogen (secondary N) is 1. The summed E-state index contributed by atoms with van der Waals surface area (Å²) in [4.78, 5) is 23.9. The van der Waals surface area contributed by atoms with Gasteiger partial charge in [-0.2, -0.15) is 10.4 Å². The third kappa shape index (κ3) is 3.44. The Balaban J connectivity index is 3.00. The fourth-order valence-corrected chi connectivity index (χ4v) is 1.61. The first-order valence-corrected chi connectivity index (χ1v) is 6.55. The van der Waals surface area contributed by atoms with Crippen LogP contribution in [0.25, 0.3) is 0 Å². The molecule has 0 saturated carbocycles. The maximum atomic E-state index is 12.0. The minimum absolute atomic E-state index is 0.0141. The molecule has 0 aromatic carbocycles. The predicted molar refractivity (Wildman–Crippen MR) is 75.1 cm³/mol. The molecule has 6 heteroatoms. The Bertz CT molecular complexity index is 611. The van der Waals surface area contributed by atoms with Crippen molar-refractivity contribution in [1.29, 1.82) is 5.26 Å². The van der Waals surface area contributed by atoms with E-state index in [1.165, 1.54) is 0 Å². The average molecular weight is 276 g/mol. The molecule has 1 N–H and O–H groups in total. The van der Waals surface area contributed by atoms with Gasteiger partial charge in [0.05, 0.1) is 5.69 Å². The molecule has 0 aliphatic carbocycles. The molecular weight excluding hydrogens is 256 g/mol. The molecule has 1 heterocycles. The number of hydrogen-bond acceptors (Lipinski definition) is 4. The first-order valence-electron chi connectivity index (χ1n) is 6.55. The van der Waals surface area contributed by atoms with Crippen molar-refractivity contribution in [3.63, 3.8) is 0 Å². The number of nitriles is 1. The van der Waals surface area contributed by atoms with E-state index in [4.69, 9.17) is 5.26 Å². The molecule has 1 aromatic rings. The second kappa shape index (κ2) is 6.33. The highest BCUT2D eigenvalue weighted by Crippen LogP contribution is 2.04. The number of hydrogen-bond donors (Lipinski definition) is 1. The van der Waals surface area contributed by atoms with Crippen LogP contribution in [0.2, 0.25) is 0 Å². The molecule has 0 aliphatic rings. The molecule has 1 rings (SSSR count). The molecule has 1 atom stereocenters. The van der Waals surface area contributed by atoms with E-state index in [0.717, 1.165) is 4.68 Å². The van der Waals surface area contributed by atoms with Crippen molar-refractivity contribution < 1.29 is 4.79 Å². The normalized spacial score (nSPS) is 12.1. The van der Waals surface area contributed by atoms with Crippen LogP contribution in [-0.2, 0) is 11.3 Å². The summed E-state index contributed by atoms with van der Waals surface area (Å²) in [5.74, 6) is 0.0194. The third-order valence-electron chi connectivity index (χ3n) is 3.43. The van der Waals surface area contributed by atoms with Crippen LogP contribution < -0.4 is 10.9 Å². The van der Waals surface area contributed by atoms with Crippen LogP contribution in [0.4, 0.5) is 0 Å². The van der Waals surface area contributed by atoms with Gasteiger partial charge in [0, 0.05) is 6.04 Å². The quantitative estimate of drug-likeness (QED) is 0.884. The summed E-state index contributed by atoms with van der Waals surface area (Å²) < 4.78 is 1.04. The molecule has 0 aliphatic heterocycles. The Kier molecular flexibility index (Phi) is 5.03. The number of rotatable bonds is 4. The maximum Gasteiger partial charge on any atom is 0.285 e. The van der Waals surface area contributed by atoms with Gasteiger partial charge in [0.25, 0.3) is 5.56 Å². The van der Waals surface area contributed by atoms with Gasteiger partial charge in [-0.25, -0.2) is 4.68 Å². The van der Waals surface area contributed by atoms with Gasteiger partial charge in [-0.05, 0) is 32.3 Å². The second-order valence-corrected chi connectivity index (χ2v) is 5.26. The van der Waals surface area contributed by atoms with Crippen LogP contribution in [0.3, 0.4) is 0 Å². The smallest absolute Gasteiger partial charge is 0.285 e. The number of carbonyl (C=O) groups is 1. The average Bonchev–Trinajstić information content (AvgIpc) is 2.36. The monoisotopic (exact) mass is 276 g/mol. The molecule has 0 radical (unpaired) electrons. The van der Waals surface area contributed by atoms with Gasteiger partial charge < -0.3 is 5.32 Å². The standard InChI is InChI=1S/C14H20N4O2/c1-8(2)10(4)16-13(19)7-18-14(20)12(6-15)9(3)11(5)17-18/h8,10H,7H2,1-5H3,(H,16,19)/t10-/m0/s1. The van der Waals surface area contributed by atoms with Gasteiger partial charge in [-0.15, -0.1) is 0 Å². The van der Waals surface area contributed by atoms with Crippen LogP contribution in [0, 0.1) is 31.1 Å². The van der Waals surface area contributed by atoms with Gasteiger partial charge in [0.1, 0.15) is 18.2 Å². The zero-order valence-electron chi connectivity index (χ0n) is 12.5.